The zero-order chi connectivity index (χ0) is 17.2. The Kier molecular flexibility index (Phi) is 5.23. The summed E-state index contributed by atoms with van der Waals surface area (Å²) in [4.78, 5) is 2.29. The van der Waals surface area contributed by atoms with E-state index in [4.69, 9.17) is 0 Å². The summed E-state index contributed by atoms with van der Waals surface area (Å²) in [6.45, 7) is 2.49. The van der Waals surface area contributed by atoms with Gasteiger partial charge in [-0.05, 0) is 31.7 Å². The highest BCUT2D eigenvalue weighted by molar-refractivity contribution is 7.90. The number of aromatic nitrogens is 2. The second-order valence-corrected chi connectivity index (χ2v) is 7.94. The number of sulfone groups is 1. The second kappa shape index (κ2) is 6.82. The van der Waals surface area contributed by atoms with E-state index in [0.29, 0.717) is 12.1 Å². The van der Waals surface area contributed by atoms with Crippen LogP contribution in [0, 0.1) is 0 Å². The Morgan fingerprint density at radius 1 is 1.26 bits per heavy atom. The van der Waals surface area contributed by atoms with Gasteiger partial charge in [0.05, 0.1) is 17.2 Å². The van der Waals surface area contributed by atoms with E-state index in [-0.39, 0.29) is 10.9 Å². The van der Waals surface area contributed by atoms with Crippen LogP contribution >= 0.6 is 0 Å². The fourth-order valence-corrected chi connectivity index (χ4v) is 3.01. The number of likely N-dealkylation sites (N-methyl/N-ethyl adjacent to an activating group) is 1. The molecule has 126 valence electrons. The van der Waals surface area contributed by atoms with Crippen molar-refractivity contribution >= 4 is 9.84 Å². The van der Waals surface area contributed by atoms with Crippen LogP contribution in [0.1, 0.15) is 30.2 Å². The first-order chi connectivity index (χ1) is 10.7. The molecule has 0 aliphatic rings. The Bertz CT molecular complexity index is 753. The maximum absolute atomic E-state index is 11.5. The molecule has 0 bridgehead atoms. The summed E-state index contributed by atoms with van der Waals surface area (Å²) in [6, 6.07) is 6.48. The number of benzene rings is 1. The Labute approximate surface area is 137 Å². The van der Waals surface area contributed by atoms with Crippen LogP contribution in [-0.4, -0.2) is 48.1 Å². The average Bonchev–Trinajstić information content (AvgIpc) is 2.92. The molecule has 0 saturated carbocycles. The van der Waals surface area contributed by atoms with E-state index in [1.54, 1.807) is 16.8 Å². The van der Waals surface area contributed by atoms with Crippen LogP contribution in [0.3, 0.4) is 0 Å². The van der Waals surface area contributed by atoms with Crippen molar-refractivity contribution in [2.75, 3.05) is 19.8 Å². The lowest BCUT2D eigenvalue weighted by Gasteiger charge is -2.26. The smallest absolute Gasteiger partial charge is 0.175 e. The molecule has 0 fully saturated rings. The minimum atomic E-state index is -3.22. The quantitative estimate of drug-likeness (QED) is 0.865. The zero-order valence-electron chi connectivity index (χ0n) is 13.8. The fourth-order valence-electron chi connectivity index (χ4n) is 2.38. The fraction of sp³-hybridized carbons (Fsp3) is 0.438. The topological polar surface area (TPSA) is 75.4 Å². The van der Waals surface area contributed by atoms with Crippen molar-refractivity contribution in [3.05, 3.63) is 47.8 Å². The summed E-state index contributed by atoms with van der Waals surface area (Å²) >= 11 is 0. The summed E-state index contributed by atoms with van der Waals surface area (Å²) in [5.41, 5.74) is 1.78. The van der Waals surface area contributed by atoms with E-state index in [2.05, 4.69) is 12.0 Å². The van der Waals surface area contributed by atoms with Gasteiger partial charge in [-0.1, -0.05) is 12.1 Å². The summed E-state index contributed by atoms with van der Waals surface area (Å²) in [5, 5.41) is 14.5. The minimum absolute atomic E-state index is 0.119. The monoisotopic (exact) mass is 337 g/mol. The first-order valence-electron chi connectivity index (χ1n) is 7.35. The van der Waals surface area contributed by atoms with Crippen molar-refractivity contribution in [2.24, 2.45) is 7.05 Å². The van der Waals surface area contributed by atoms with Crippen molar-refractivity contribution in [3.8, 4) is 0 Å². The van der Waals surface area contributed by atoms with E-state index < -0.39 is 15.9 Å². The minimum Gasteiger partial charge on any atom is -0.387 e. The van der Waals surface area contributed by atoms with Crippen LogP contribution in [0.4, 0.5) is 0 Å². The van der Waals surface area contributed by atoms with Gasteiger partial charge >= 0.3 is 0 Å². The van der Waals surface area contributed by atoms with Crippen molar-refractivity contribution in [1.29, 1.82) is 0 Å². The van der Waals surface area contributed by atoms with E-state index in [9.17, 15) is 13.5 Å². The lowest BCUT2D eigenvalue weighted by atomic mass is 10.1. The van der Waals surface area contributed by atoms with Gasteiger partial charge < -0.3 is 5.11 Å². The van der Waals surface area contributed by atoms with E-state index >= 15 is 0 Å². The molecule has 2 unspecified atom stereocenters. The van der Waals surface area contributed by atoms with Crippen LogP contribution in [0.15, 0.2) is 41.6 Å². The summed E-state index contributed by atoms with van der Waals surface area (Å²) < 4.78 is 24.7. The SMILES string of the molecule is CC(c1cnn(C)c1)N(C)CC(O)c1ccc(S(C)(=O)=O)cc1. The first kappa shape index (κ1) is 17.7. The number of nitrogens with zero attached hydrogens (tertiary/aromatic N) is 3. The maximum atomic E-state index is 11.5. The highest BCUT2D eigenvalue weighted by atomic mass is 32.2. The molecule has 23 heavy (non-hydrogen) atoms. The van der Waals surface area contributed by atoms with Gasteiger partial charge in [-0.2, -0.15) is 5.10 Å². The third-order valence-corrected chi connectivity index (χ3v) is 5.15. The number of hydrogen-bond donors (Lipinski definition) is 1. The largest absolute Gasteiger partial charge is 0.387 e. The Morgan fingerprint density at radius 2 is 1.87 bits per heavy atom. The first-order valence-corrected chi connectivity index (χ1v) is 9.24. The molecule has 1 aromatic heterocycles. The van der Waals surface area contributed by atoms with Gasteiger partial charge in [0.15, 0.2) is 9.84 Å². The number of aliphatic hydroxyl groups excluding tert-OH is 1. The molecule has 0 aliphatic heterocycles. The Hall–Kier alpha value is -1.70. The van der Waals surface area contributed by atoms with Gasteiger partial charge in [0.1, 0.15) is 0 Å². The van der Waals surface area contributed by atoms with Gasteiger partial charge in [0, 0.05) is 37.7 Å². The summed E-state index contributed by atoms with van der Waals surface area (Å²) in [7, 11) is 0.589. The lowest BCUT2D eigenvalue weighted by Crippen LogP contribution is -2.27. The summed E-state index contributed by atoms with van der Waals surface area (Å²) in [5.74, 6) is 0. The molecule has 6 nitrogen and oxygen atoms in total. The number of hydrogen-bond acceptors (Lipinski definition) is 5. The molecule has 0 aliphatic carbocycles. The maximum Gasteiger partial charge on any atom is 0.175 e. The van der Waals surface area contributed by atoms with Gasteiger partial charge in [-0.25, -0.2) is 8.42 Å². The van der Waals surface area contributed by atoms with Gasteiger partial charge in [0.2, 0.25) is 0 Å². The highest BCUT2D eigenvalue weighted by Gasteiger charge is 2.18. The van der Waals surface area contributed by atoms with Crippen LogP contribution in [0.25, 0.3) is 0 Å². The normalized spacial score (nSPS) is 14.9. The molecule has 0 radical (unpaired) electrons. The zero-order valence-corrected chi connectivity index (χ0v) is 14.7. The molecule has 0 spiro atoms. The molecule has 1 N–H and O–H groups in total. The number of aryl methyl sites for hydroxylation is 1. The Balaban J connectivity index is 2.04. The second-order valence-electron chi connectivity index (χ2n) is 5.92. The molecule has 0 amide bonds. The molecule has 0 saturated heterocycles. The molecule has 2 rings (SSSR count). The molecule has 7 heteroatoms. The molecule has 1 aromatic carbocycles. The molecule has 1 heterocycles. The van der Waals surface area contributed by atoms with Crippen molar-refractivity contribution in [2.45, 2.75) is 24.0 Å². The predicted octanol–water partition coefficient (Wildman–Crippen LogP) is 1.55. The van der Waals surface area contributed by atoms with Crippen LogP contribution in [0.2, 0.25) is 0 Å². The van der Waals surface area contributed by atoms with Gasteiger partial charge in [0.25, 0.3) is 0 Å². The van der Waals surface area contributed by atoms with E-state index in [1.165, 1.54) is 18.4 Å². The molecule has 2 aromatic rings. The standard InChI is InChI=1S/C16H23N3O3S/c1-12(14-9-17-19(3)10-14)18(2)11-16(20)13-5-7-15(8-6-13)23(4,21)22/h5-10,12,16,20H,11H2,1-4H3. The third-order valence-electron chi connectivity index (χ3n) is 4.02. The van der Waals surface area contributed by atoms with Gasteiger partial charge in [-0.15, -0.1) is 0 Å². The average molecular weight is 337 g/mol. The van der Waals surface area contributed by atoms with Crippen molar-refractivity contribution in [3.63, 3.8) is 0 Å². The van der Waals surface area contributed by atoms with E-state index in [0.717, 1.165) is 5.56 Å². The third kappa shape index (κ3) is 4.40. The molecular formula is C16H23N3O3S. The summed E-state index contributed by atoms with van der Waals surface area (Å²) in [6.07, 6.45) is 4.25. The highest BCUT2D eigenvalue weighted by Crippen LogP contribution is 2.22. The van der Waals surface area contributed by atoms with Crippen LogP contribution in [-0.2, 0) is 16.9 Å². The Morgan fingerprint density at radius 3 is 2.35 bits per heavy atom. The van der Waals surface area contributed by atoms with Crippen molar-refractivity contribution in [1.82, 2.24) is 14.7 Å². The molecular weight excluding hydrogens is 314 g/mol. The number of aliphatic hydroxyl groups is 1. The predicted molar refractivity (Wildman–Crippen MR) is 88.8 cm³/mol. The van der Waals surface area contributed by atoms with E-state index in [1.807, 2.05) is 31.4 Å². The van der Waals surface area contributed by atoms with Crippen LogP contribution in [0.5, 0.6) is 0 Å². The van der Waals surface area contributed by atoms with Gasteiger partial charge in [-0.3, -0.25) is 9.58 Å². The number of rotatable bonds is 6. The molecule has 2 atom stereocenters. The van der Waals surface area contributed by atoms with Crippen LogP contribution < -0.4 is 0 Å². The van der Waals surface area contributed by atoms with Crippen molar-refractivity contribution < 1.29 is 13.5 Å². The lowest BCUT2D eigenvalue weighted by molar-refractivity contribution is 0.108.